The molecule has 4 aromatic rings. The van der Waals surface area contributed by atoms with Gasteiger partial charge in [-0.15, -0.1) is 0 Å². The molecule has 0 saturated heterocycles. The molecule has 5 rings (SSSR count). The number of rotatable bonds is 6. The quantitative estimate of drug-likeness (QED) is 0.367. The zero-order valence-corrected chi connectivity index (χ0v) is 20.6. The van der Waals surface area contributed by atoms with Crippen LogP contribution in [0.25, 0.3) is 10.8 Å². The van der Waals surface area contributed by atoms with Crippen LogP contribution in [0.1, 0.15) is 24.5 Å². The Morgan fingerprint density at radius 3 is 2.06 bits per heavy atom. The Morgan fingerprint density at radius 2 is 1.38 bits per heavy atom. The molecule has 1 heterocycles. The van der Waals surface area contributed by atoms with Crippen LogP contribution in [0.4, 0.5) is 17.1 Å². The fourth-order valence-electron chi connectivity index (χ4n) is 5.61. The Hall–Kier alpha value is -3.56. The predicted molar refractivity (Wildman–Crippen MR) is 145 cm³/mol. The third-order valence-corrected chi connectivity index (χ3v) is 7.34. The first kappa shape index (κ1) is 22.2. The van der Waals surface area contributed by atoms with Crippen LogP contribution in [-0.4, -0.2) is 21.1 Å². The van der Waals surface area contributed by atoms with Crippen LogP contribution >= 0.6 is 0 Å². The average molecular weight is 449 g/mol. The largest absolute Gasteiger partial charge is 0.329 e. The van der Waals surface area contributed by atoms with Gasteiger partial charge in [0.2, 0.25) is 0 Å². The van der Waals surface area contributed by atoms with Crippen molar-refractivity contribution < 1.29 is 5.32 Å². The summed E-state index contributed by atoms with van der Waals surface area (Å²) in [6, 6.07) is 32.9. The maximum Gasteiger partial charge on any atom is 0.133 e. The van der Waals surface area contributed by atoms with E-state index < -0.39 is 0 Å². The highest BCUT2D eigenvalue weighted by molar-refractivity contribution is 5.90. The summed E-state index contributed by atoms with van der Waals surface area (Å²) in [6.07, 6.45) is 4.35. The van der Waals surface area contributed by atoms with E-state index in [0.717, 1.165) is 12.8 Å². The van der Waals surface area contributed by atoms with E-state index in [0.29, 0.717) is 0 Å². The first-order valence-corrected chi connectivity index (χ1v) is 12.1. The van der Waals surface area contributed by atoms with Crippen LogP contribution < -0.4 is 15.1 Å². The van der Waals surface area contributed by atoms with Crippen molar-refractivity contribution in [3.63, 3.8) is 0 Å². The summed E-state index contributed by atoms with van der Waals surface area (Å²) >= 11 is 0. The van der Waals surface area contributed by atoms with Crippen molar-refractivity contribution in [3.05, 3.63) is 114 Å². The lowest BCUT2D eigenvalue weighted by molar-refractivity contribution is -0.540. The SMILES string of the molecule is C[NH2+]c1ccc2ccccc2c1C(C)(CC=C1N(C)c2ccccc2N1C)Cc1ccccc1. The molecule has 3 heteroatoms. The van der Waals surface area contributed by atoms with Gasteiger partial charge in [-0.2, -0.15) is 0 Å². The number of hydrogen-bond acceptors (Lipinski definition) is 2. The van der Waals surface area contributed by atoms with Crippen molar-refractivity contribution >= 4 is 27.8 Å². The number of benzene rings is 4. The molecule has 172 valence electrons. The van der Waals surface area contributed by atoms with Crippen LogP contribution in [0.2, 0.25) is 0 Å². The maximum atomic E-state index is 2.44. The fourth-order valence-corrected chi connectivity index (χ4v) is 5.61. The highest BCUT2D eigenvalue weighted by atomic mass is 15.4. The van der Waals surface area contributed by atoms with Gasteiger partial charge in [-0.3, -0.25) is 0 Å². The van der Waals surface area contributed by atoms with Gasteiger partial charge in [0.15, 0.2) is 0 Å². The molecule has 1 aliphatic heterocycles. The molecular weight excluding hydrogens is 414 g/mol. The Kier molecular flexibility index (Phi) is 5.89. The molecule has 0 amide bonds. The number of nitrogens with zero attached hydrogens (tertiary/aromatic N) is 2. The van der Waals surface area contributed by atoms with E-state index in [1.165, 1.54) is 44.8 Å². The summed E-state index contributed by atoms with van der Waals surface area (Å²) in [7, 11) is 6.50. The second kappa shape index (κ2) is 9.00. The monoisotopic (exact) mass is 448 g/mol. The first-order valence-electron chi connectivity index (χ1n) is 12.1. The fraction of sp³-hybridized carbons (Fsp3) is 0.226. The van der Waals surface area contributed by atoms with Gasteiger partial charge >= 0.3 is 0 Å². The zero-order valence-electron chi connectivity index (χ0n) is 20.6. The second-order valence-electron chi connectivity index (χ2n) is 9.64. The van der Waals surface area contributed by atoms with Crippen molar-refractivity contribution in [1.29, 1.82) is 0 Å². The third-order valence-electron chi connectivity index (χ3n) is 7.34. The zero-order chi connectivity index (χ0) is 23.7. The lowest BCUT2D eigenvalue weighted by atomic mass is 9.72. The number of nitrogens with two attached hydrogens (primary N) is 1. The number of fused-ring (bicyclic) bond motifs is 2. The minimum Gasteiger partial charge on any atom is -0.329 e. The van der Waals surface area contributed by atoms with E-state index in [-0.39, 0.29) is 5.41 Å². The van der Waals surface area contributed by atoms with Gasteiger partial charge < -0.3 is 15.1 Å². The molecule has 0 bridgehead atoms. The van der Waals surface area contributed by atoms with Crippen molar-refractivity contribution in [3.8, 4) is 0 Å². The van der Waals surface area contributed by atoms with Crippen LogP contribution in [0.15, 0.2) is 103 Å². The summed E-state index contributed by atoms with van der Waals surface area (Å²) in [5.74, 6) is 1.24. The molecule has 1 unspecified atom stereocenters. The number of quaternary nitrogens is 1. The highest BCUT2D eigenvalue weighted by Crippen LogP contribution is 2.43. The number of anilines is 2. The van der Waals surface area contributed by atoms with Crippen LogP contribution in [0, 0.1) is 0 Å². The van der Waals surface area contributed by atoms with Crippen LogP contribution in [0.3, 0.4) is 0 Å². The summed E-state index contributed by atoms with van der Waals surface area (Å²) in [5.41, 5.74) is 6.58. The van der Waals surface area contributed by atoms with Crippen molar-refractivity contribution in [2.75, 3.05) is 30.9 Å². The molecule has 2 N–H and O–H groups in total. The lowest BCUT2D eigenvalue weighted by Gasteiger charge is -2.32. The summed E-state index contributed by atoms with van der Waals surface area (Å²) < 4.78 is 0. The molecule has 4 aromatic carbocycles. The molecule has 1 atom stereocenters. The van der Waals surface area contributed by atoms with Crippen molar-refractivity contribution in [2.24, 2.45) is 0 Å². The molecule has 0 saturated carbocycles. The summed E-state index contributed by atoms with van der Waals surface area (Å²) in [6.45, 7) is 2.44. The van der Waals surface area contributed by atoms with E-state index in [9.17, 15) is 0 Å². The number of allylic oxidation sites excluding steroid dienone is 1. The molecule has 0 spiro atoms. The van der Waals surface area contributed by atoms with Crippen molar-refractivity contribution in [2.45, 2.75) is 25.2 Å². The lowest BCUT2D eigenvalue weighted by Crippen LogP contribution is -2.73. The van der Waals surface area contributed by atoms with Gasteiger partial charge in [0.05, 0.1) is 18.4 Å². The van der Waals surface area contributed by atoms with Crippen molar-refractivity contribution in [1.82, 2.24) is 0 Å². The Bertz CT molecular complexity index is 1310. The third kappa shape index (κ3) is 3.86. The molecule has 1 aliphatic rings. The summed E-state index contributed by atoms with van der Waals surface area (Å²) in [5, 5.41) is 4.92. The summed E-state index contributed by atoms with van der Waals surface area (Å²) in [4.78, 5) is 4.63. The minimum absolute atomic E-state index is 0.0759. The van der Waals surface area contributed by atoms with E-state index in [4.69, 9.17) is 0 Å². The normalized spacial score (nSPS) is 14.9. The van der Waals surface area contributed by atoms with Crippen LogP contribution in [0.5, 0.6) is 0 Å². The first-order chi connectivity index (χ1) is 16.5. The minimum atomic E-state index is -0.0759. The van der Waals surface area contributed by atoms with Crippen LogP contribution in [-0.2, 0) is 11.8 Å². The van der Waals surface area contributed by atoms with E-state index in [1.807, 2.05) is 0 Å². The predicted octanol–water partition coefficient (Wildman–Crippen LogP) is 5.98. The van der Waals surface area contributed by atoms with Gasteiger partial charge in [-0.25, -0.2) is 0 Å². The Labute approximate surface area is 203 Å². The molecule has 34 heavy (non-hydrogen) atoms. The smallest absolute Gasteiger partial charge is 0.133 e. The van der Waals surface area contributed by atoms with Gasteiger partial charge in [-0.05, 0) is 59.5 Å². The molecule has 0 fully saturated rings. The average Bonchev–Trinajstić information content (AvgIpc) is 3.12. The van der Waals surface area contributed by atoms with E-state index in [1.54, 1.807) is 0 Å². The molecular formula is C31H34N3+. The van der Waals surface area contributed by atoms with E-state index >= 15 is 0 Å². The Balaban J connectivity index is 1.63. The van der Waals surface area contributed by atoms with Gasteiger partial charge in [-0.1, -0.05) is 73.7 Å². The van der Waals surface area contributed by atoms with E-state index in [2.05, 4.69) is 140 Å². The highest BCUT2D eigenvalue weighted by Gasteiger charge is 2.34. The topological polar surface area (TPSA) is 23.1 Å². The Morgan fingerprint density at radius 1 is 0.765 bits per heavy atom. The molecule has 3 nitrogen and oxygen atoms in total. The van der Waals surface area contributed by atoms with Gasteiger partial charge in [0, 0.05) is 25.1 Å². The molecule has 0 radical (unpaired) electrons. The maximum absolute atomic E-state index is 2.44. The van der Waals surface area contributed by atoms with Gasteiger partial charge in [0.1, 0.15) is 11.5 Å². The standard InChI is InChI=1S/C31H33N3/c1-31(22-23-12-6-5-7-13-23,30-25-15-9-8-14-24(25)18-19-26(30)32-2)21-20-29-33(3)27-16-10-11-17-28(27)34(29)4/h5-20,32H,21-22H2,1-4H3/p+1. The molecule has 0 aromatic heterocycles. The number of para-hydroxylation sites is 2. The number of hydrogen-bond donors (Lipinski definition) is 1. The second-order valence-corrected chi connectivity index (χ2v) is 9.64. The molecule has 0 aliphatic carbocycles. The van der Waals surface area contributed by atoms with Gasteiger partial charge in [0.25, 0.3) is 0 Å².